The van der Waals surface area contributed by atoms with Crippen molar-refractivity contribution in [3.05, 3.63) is 28.5 Å². The van der Waals surface area contributed by atoms with Crippen LogP contribution < -0.4 is 5.32 Å². The average Bonchev–Trinajstić information content (AvgIpc) is 2.36. The summed E-state index contributed by atoms with van der Waals surface area (Å²) >= 11 is 5.84. The molecule has 1 rings (SSSR count). The Morgan fingerprint density at radius 3 is 2.83 bits per heavy atom. The number of hydrogen-bond donors (Lipinski definition) is 1. The molecule has 1 aromatic heterocycles. The van der Waals surface area contributed by atoms with Crippen LogP contribution in [-0.4, -0.2) is 30.5 Å². The molecule has 98 valence electrons. The molecule has 0 bridgehead atoms. The number of aromatic nitrogens is 1. The van der Waals surface area contributed by atoms with Gasteiger partial charge in [0.1, 0.15) is 12.2 Å². The van der Waals surface area contributed by atoms with Gasteiger partial charge < -0.3 is 10.1 Å². The first kappa shape index (κ1) is 14.4. The summed E-state index contributed by atoms with van der Waals surface area (Å²) < 4.78 is 4.44. The van der Waals surface area contributed by atoms with Crippen LogP contribution >= 0.6 is 11.6 Å². The minimum atomic E-state index is -0.505. The number of carbonyl (C=O) groups is 2. The van der Waals surface area contributed by atoms with E-state index in [2.05, 4.69) is 15.0 Å². The zero-order chi connectivity index (χ0) is 13.5. The van der Waals surface area contributed by atoms with Crippen molar-refractivity contribution in [1.29, 1.82) is 0 Å². The van der Waals surface area contributed by atoms with Gasteiger partial charge in [-0.25, -0.2) is 4.98 Å². The van der Waals surface area contributed by atoms with Crippen molar-refractivity contribution in [1.82, 2.24) is 10.3 Å². The van der Waals surface area contributed by atoms with Crippen molar-refractivity contribution in [3.8, 4) is 0 Å². The van der Waals surface area contributed by atoms with Crippen molar-refractivity contribution < 1.29 is 14.3 Å². The summed E-state index contributed by atoms with van der Waals surface area (Å²) in [5, 5.41) is 2.94. The van der Waals surface area contributed by atoms with Crippen LogP contribution in [0.4, 0.5) is 0 Å². The highest BCUT2D eigenvalue weighted by Crippen LogP contribution is 2.15. The number of halogens is 1. The van der Waals surface area contributed by atoms with E-state index in [1.165, 1.54) is 13.3 Å². The lowest BCUT2D eigenvalue weighted by Crippen LogP contribution is -2.31. The van der Waals surface area contributed by atoms with E-state index < -0.39 is 11.9 Å². The van der Waals surface area contributed by atoms with Gasteiger partial charge in [0.05, 0.1) is 12.1 Å². The molecule has 1 N–H and O–H groups in total. The van der Waals surface area contributed by atoms with Crippen molar-refractivity contribution in [2.45, 2.75) is 19.8 Å². The zero-order valence-corrected chi connectivity index (χ0v) is 11.1. The highest BCUT2D eigenvalue weighted by molar-refractivity contribution is 6.30. The summed E-state index contributed by atoms with van der Waals surface area (Å²) in [6.45, 7) is 1.82. The van der Waals surface area contributed by atoms with E-state index in [4.69, 9.17) is 11.6 Å². The van der Waals surface area contributed by atoms with Crippen molar-refractivity contribution >= 4 is 23.5 Å². The number of nitrogens with one attached hydrogen (secondary N) is 1. The Hall–Kier alpha value is -1.62. The van der Waals surface area contributed by atoms with Crippen molar-refractivity contribution in [2.24, 2.45) is 0 Å². The lowest BCUT2D eigenvalue weighted by molar-refractivity contribution is -0.139. The van der Waals surface area contributed by atoms with E-state index in [1.54, 1.807) is 6.07 Å². The number of aryl methyl sites for hydroxylation is 1. The van der Waals surface area contributed by atoms with E-state index in [1.807, 2.05) is 6.92 Å². The first-order valence-electron chi connectivity index (χ1n) is 5.58. The highest BCUT2D eigenvalue weighted by atomic mass is 35.5. The van der Waals surface area contributed by atoms with Gasteiger partial charge in [0.2, 0.25) is 0 Å². The van der Waals surface area contributed by atoms with E-state index in [0.717, 1.165) is 12.0 Å². The SMILES string of the molecule is CCCc1cc(Cl)cnc1C(=O)NCC(=O)OC. The maximum atomic E-state index is 11.8. The third kappa shape index (κ3) is 4.00. The summed E-state index contributed by atoms with van der Waals surface area (Å²) in [6, 6.07) is 1.71. The summed E-state index contributed by atoms with van der Waals surface area (Å²) in [5.74, 6) is -0.908. The van der Waals surface area contributed by atoms with Gasteiger partial charge in [-0.05, 0) is 18.1 Å². The maximum Gasteiger partial charge on any atom is 0.325 e. The number of rotatable bonds is 5. The minimum Gasteiger partial charge on any atom is -0.468 e. The average molecular weight is 271 g/mol. The first-order chi connectivity index (χ1) is 8.58. The molecule has 1 heterocycles. The molecule has 0 atom stereocenters. The van der Waals surface area contributed by atoms with Crippen LogP contribution in [0.25, 0.3) is 0 Å². The van der Waals surface area contributed by atoms with Gasteiger partial charge in [-0.1, -0.05) is 24.9 Å². The second-order valence-electron chi connectivity index (χ2n) is 3.67. The van der Waals surface area contributed by atoms with Gasteiger partial charge >= 0.3 is 5.97 Å². The molecule has 18 heavy (non-hydrogen) atoms. The van der Waals surface area contributed by atoms with Crippen LogP contribution in [0.1, 0.15) is 29.4 Å². The van der Waals surface area contributed by atoms with E-state index >= 15 is 0 Å². The number of esters is 1. The monoisotopic (exact) mass is 270 g/mol. The number of nitrogens with zero attached hydrogens (tertiary/aromatic N) is 1. The molecule has 0 aliphatic heterocycles. The van der Waals surface area contributed by atoms with E-state index in [9.17, 15) is 9.59 Å². The van der Waals surface area contributed by atoms with E-state index in [0.29, 0.717) is 17.1 Å². The first-order valence-corrected chi connectivity index (χ1v) is 5.95. The molecule has 5 nitrogen and oxygen atoms in total. The van der Waals surface area contributed by atoms with Crippen molar-refractivity contribution in [3.63, 3.8) is 0 Å². The lowest BCUT2D eigenvalue weighted by Gasteiger charge is -2.08. The molecule has 0 unspecified atom stereocenters. The lowest BCUT2D eigenvalue weighted by atomic mass is 10.1. The fraction of sp³-hybridized carbons (Fsp3) is 0.417. The molecule has 0 radical (unpaired) electrons. The molecular formula is C12H15ClN2O3. The van der Waals surface area contributed by atoms with Crippen LogP contribution in [0.3, 0.4) is 0 Å². The smallest absolute Gasteiger partial charge is 0.325 e. The third-order valence-electron chi connectivity index (χ3n) is 2.29. The fourth-order valence-electron chi connectivity index (χ4n) is 1.45. The topological polar surface area (TPSA) is 68.3 Å². The Morgan fingerprint density at radius 1 is 1.50 bits per heavy atom. The molecule has 0 aliphatic carbocycles. The van der Waals surface area contributed by atoms with Crippen LogP contribution in [0.2, 0.25) is 5.02 Å². The third-order valence-corrected chi connectivity index (χ3v) is 2.50. The maximum absolute atomic E-state index is 11.8. The Kier molecular flexibility index (Phi) is 5.58. The molecule has 0 spiro atoms. The van der Waals surface area contributed by atoms with E-state index in [-0.39, 0.29) is 6.54 Å². The predicted molar refractivity (Wildman–Crippen MR) is 67.6 cm³/mol. The number of hydrogen-bond acceptors (Lipinski definition) is 4. The Morgan fingerprint density at radius 2 is 2.22 bits per heavy atom. The number of carbonyl (C=O) groups excluding carboxylic acids is 2. The zero-order valence-electron chi connectivity index (χ0n) is 10.3. The van der Waals surface area contributed by atoms with Crippen LogP contribution in [0.15, 0.2) is 12.3 Å². The van der Waals surface area contributed by atoms with Gasteiger partial charge in [-0.3, -0.25) is 9.59 Å². The summed E-state index contributed by atoms with van der Waals surface area (Å²) in [4.78, 5) is 26.8. The summed E-state index contributed by atoms with van der Waals surface area (Å²) in [6.07, 6.45) is 2.99. The molecule has 0 fully saturated rings. The number of pyridine rings is 1. The quantitative estimate of drug-likeness (QED) is 0.825. The molecule has 0 aromatic carbocycles. The van der Waals surface area contributed by atoms with Gasteiger partial charge in [0.25, 0.3) is 5.91 Å². The predicted octanol–water partition coefficient (Wildman–Crippen LogP) is 1.59. The van der Waals surface area contributed by atoms with Gasteiger partial charge in [-0.15, -0.1) is 0 Å². The normalized spacial score (nSPS) is 9.94. The number of methoxy groups -OCH3 is 1. The van der Waals surface area contributed by atoms with Crippen molar-refractivity contribution in [2.75, 3.05) is 13.7 Å². The molecule has 0 saturated carbocycles. The molecule has 1 aromatic rings. The summed E-state index contributed by atoms with van der Waals surface area (Å²) in [7, 11) is 1.26. The largest absolute Gasteiger partial charge is 0.468 e. The standard InChI is InChI=1S/C12H15ClN2O3/c1-3-4-8-5-9(13)6-14-11(8)12(17)15-7-10(16)18-2/h5-6H,3-4,7H2,1-2H3,(H,15,17). The second-order valence-corrected chi connectivity index (χ2v) is 4.11. The Balaban J connectivity index is 2.81. The molecular weight excluding hydrogens is 256 g/mol. The number of amides is 1. The van der Waals surface area contributed by atoms with Gasteiger partial charge in [-0.2, -0.15) is 0 Å². The number of ether oxygens (including phenoxy) is 1. The fourth-order valence-corrected chi connectivity index (χ4v) is 1.63. The Bertz CT molecular complexity index is 449. The molecule has 0 saturated heterocycles. The van der Waals surface area contributed by atoms with Crippen LogP contribution in [0, 0.1) is 0 Å². The molecule has 1 amide bonds. The van der Waals surface area contributed by atoms with Gasteiger partial charge in [0.15, 0.2) is 0 Å². The van der Waals surface area contributed by atoms with Crippen LogP contribution in [0.5, 0.6) is 0 Å². The second kappa shape index (κ2) is 6.96. The summed E-state index contributed by atoms with van der Waals surface area (Å²) in [5.41, 5.74) is 1.07. The minimum absolute atomic E-state index is 0.175. The van der Waals surface area contributed by atoms with Gasteiger partial charge in [0, 0.05) is 6.20 Å². The van der Waals surface area contributed by atoms with Crippen LogP contribution in [-0.2, 0) is 16.0 Å². The molecule has 0 aliphatic rings. The highest BCUT2D eigenvalue weighted by Gasteiger charge is 2.14. The molecule has 6 heteroatoms. The Labute approximate surface area is 110 Å².